The molecule has 1 aliphatic heterocycles. The van der Waals surface area contributed by atoms with Crippen LogP contribution in [-0.4, -0.2) is 70.6 Å². The Kier molecular flexibility index (Phi) is 7.07. The number of carbonyl (C=O) groups excluding carboxylic acids is 2. The number of anilines is 1. The summed E-state index contributed by atoms with van der Waals surface area (Å²) in [4.78, 5) is 32.3. The van der Waals surface area contributed by atoms with Crippen molar-refractivity contribution in [3.8, 4) is 11.1 Å². The van der Waals surface area contributed by atoms with Gasteiger partial charge in [0.15, 0.2) is 11.9 Å². The fourth-order valence-electron chi connectivity index (χ4n) is 2.72. The van der Waals surface area contributed by atoms with E-state index < -0.39 is 36.6 Å². The van der Waals surface area contributed by atoms with Crippen LogP contribution in [0.15, 0.2) is 41.5 Å². The predicted octanol–water partition coefficient (Wildman–Crippen LogP) is -0.161. The Balaban J connectivity index is 1.64. The summed E-state index contributed by atoms with van der Waals surface area (Å²) < 4.78 is 19.6. The van der Waals surface area contributed by atoms with Gasteiger partial charge in [-0.3, -0.25) is 20.5 Å². The molecule has 164 valence electrons. The molecule has 0 aliphatic carbocycles. The molecule has 1 fully saturated rings. The number of carbonyl (C=O) groups is 2. The van der Waals surface area contributed by atoms with Gasteiger partial charge in [-0.2, -0.15) is 0 Å². The SMILES string of the molecule is O=C(NNC=Nc1ccc(-c2ccc(N3CC(CO)OC3=O)cc2F)cn1)C(O)CO. The topological polar surface area (TPSA) is 157 Å². The Morgan fingerprint density at radius 3 is 2.81 bits per heavy atom. The second kappa shape index (κ2) is 9.93. The number of halogens is 1. The number of pyridine rings is 1. The third-order valence-corrected chi connectivity index (χ3v) is 4.33. The molecule has 2 heterocycles. The summed E-state index contributed by atoms with van der Waals surface area (Å²) >= 11 is 0. The van der Waals surface area contributed by atoms with Crippen LogP contribution >= 0.6 is 0 Å². The van der Waals surface area contributed by atoms with Gasteiger partial charge in [0.1, 0.15) is 18.3 Å². The van der Waals surface area contributed by atoms with Gasteiger partial charge < -0.3 is 20.1 Å². The number of aliphatic hydroxyl groups excluding tert-OH is 3. The van der Waals surface area contributed by atoms with Crippen molar-refractivity contribution in [2.24, 2.45) is 4.99 Å². The number of nitrogens with zero attached hydrogens (tertiary/aromatic N) is 3. The van der Waals surface area contributed by atoms with Crippen LogP contribution in [0.25, 0.3) is 11.1 Å². The van der Waals surface area contributed by atoms with Crippen molar-refractivity contribution in [3.63, 3.8) is 0 Å². The summed E-state index contributed by atoms with van der Waals surface area (Å²) in [7, 11) is 0. The fraction of sp³-hybridized carbons (Fsp3) is 0.263. The van der Waals surface area contributed by atoms with Gasteiger partial charge >= 0.3 is 6.09 Å². The lowest BCUT2D eigenvalue weighted by Crippen LogP contribution is -2.44. The number of nitrogens with one attached hydrogen (secondary N) is 2. The van der Waals surface area contributed by atoms with Gasteiger partial charge in [-0.25, -0.2) is 19.2 Å². The van der Waals surface area contributed by atoms with E-state index >= 15 is 0 Å². The Labute approximate surface area is 175 Å². The first kappa shape index (κ1) is 22.1. The number of cyclic esters (lactones) is 1. The summed E-state index contributed by atoms with van der Waals surface area (Å²) in [6.45, 7) is -0.887. The maximum absolute atomic E-state index is 14.6. The number of hydrazine groups is 1. The van der Waals surface area contributed by atoms with Gasteiger partial charge in [-0.05, 0) is 30.3 Å². The molecule has 2 aromatic rings. The number of amides is 2. The summed E-state index contributed by atoms with van der Waals surface area (Å²) in [5, 5.41) is 26.8. The number of ether oxygens (including phenoxy) is 1. The fourth-order valence-corrected chi connectivity index (χ4v) is 2.72. The molecule has 0 radical (unpaired) electrons. The molecule has 2 amide bonds. The average molecular weight is 433 g/mol. The van der Waals surface area contributed by atoms with E-state index in [9.17, 15) is 14.0 Å². The molecular weight excluding hydrogens is 413 g/mol. The zero-order valence-corrected chi connectivity index (χ0v) is 16.1. The number of aliphatic hydroxyl groups is 3. The maximum Gasteiger partial charge on any atom is 0.414 e. The molecule has 31 heavy (non-hydrogen) atoms. The highest BCUT2D eigenvalue weighted by Crippen LogP contribution is 2.29. The van der Waals surface area contributed by atoms with Crippen LogP contribution < -0.4 is 15.8 Å². The van der Waals surface area contributed by atoms with Crippen molar-refractivity contribution < 1.29 is 34.0 Å². The standard InChI is InChI=1S/C19H20FN5O6/c20-15-5-12(25-7-13(8-26)31-19(25)30)2-3-14(15)11-1-4-17(21-6-11)22-10-23-24-18(29)16(28)9-27/h1-6,10,13,16,26-28H,7-9H2,(H,24,29)(H,21,22,23). The lowest BCUT2D eigenvalue weighted by atomic mass is 10.1. The van der Waals surface area contributed by atoms with Crippen molar-refractivity contribution >= 4 is 29.8 Å². The number of hydrogen-bond donors (Lipinski definition) is 5. The highest BCUT2D eigenvalue weighted by atomic mass is 19.1. The van der Waals surface area contributed by atoms with Gasteiger partial charge in [-0.15, -0.1) is 0 Å². The summed E-state index contributed by atoms with van der Waals surface area (Å²) in [6.07, 6.45) is -0.313. The van der Waals surface area contributed by atoms with Crippen LogP contribution in [0, 0.1) is 5.82 Å². The molecule has 12 heteroatoms. The summed E-state index contributed by atoms with van der Waals surface area (Å²) in [5.74, 6) is -1.13. The molecule has 2 atom stereocenters. The third-order valence-electron chi connectivity index (χ3n) is 4.33. The zero-order chi connectivity index (χ0) is 22.4. The lowest BCUT2D eigenvalue weighted by molar-refractivity contribution is -0.131. The normalized spacial score (nSPS) is 17.0. The average Bonchev–Trinajstić information content (AvgIpc) is 3.17. The Morgan fingerprint density at radius 1 is 1.39 bits per heavy atom. The van der Waals surface area contributed by atoms with E-state index in [2.05, 4.69) is 20.8 Å². The van der Waals surface area contributed by atoms with E-state index in [0.29, 0.717) is 11.3 Å². The van der Waals surface area contributed by atoms with E-state index in [1.54, 1.807) is 12.1 Å². The van der Waals surface area contributed by atoms with Gasteiger partial charge in [0.05, 0.1) is 25.4 Å². The third kappa shape index (κ3) is 5.31. The molecule has 11 nitrogen and oxygen atoms in total. The molecule has 1 aromatic heterocycles. The molecule has 1 aliphatic rings. The van der Waals surface area contributed by atoms with Crippen LogP contribution in [-0.2, 0) is 9.53 Å². The van der Waals surface area contributed by atoms with E-state index in [1.165, 1.54) is 29.3 Å². The number of aromatic nitrogens is 1. The highest BCUT2D eigenvalue weighted by molar-refractivity contribution is 5.90. The number of aliphatic imine (C=N–C) groups is 1. The Morgan fingerprint density at radius 2 is 2.19 bits per heavy atom. The van der Waals surface area contributed by atoms with E-state index in [-0.39, 0.29) is 24.5 Å². The van der Waals surface area contributed by atoms with Gasteiger partial charge in [0, 0.05) is 17.3 Å². The van der Waals surface area contributed by atoms with Crippen LogP contribution in [0.3, 0.4) is 0 Å². The first-order valence-corrected chi connectivity index (χ1v) is 9.14. The zero-order valence-electron chi connectivity index (χ0n) is 16.1. The molecular formula is C19H20FN5O6. The molecule has 2 unspecified atom stereocenters. The van der Waals surface area contributed by atoms with Crippen LogP contribution in [0.2, 0.25) is 0 Å². The summed E-state index contributed by atoms with van der Waals surface area (Å²) in [6, 6.07) is 7.40. The van der Waals surface area contributed by atoms with Crippen LogP contribution in [0.4, 0.5) is 20.7 Å². The molecule has 0 spiro atoms. The number of hydrogen-bond acceptors (Lipinski definition) is 8. The number of benzene rings is 1. The number of rotatable bonds is 8. The minimum absolute atomic E-state index is 0.135. The molecule has 0 bridgehead atoms. The van der Waals surface area contributed by atoms with Gasteiger partial charge in [-0.1, -0.05) is 0 Å². The van der Waals surface area contributed by atoms with Crippen molar-refractivity contribution in [1.82, 2.24) is 15.8 Å². The largest absolute Gasteiger partial charge is 0.441 e. The van der Waals surface area contributed by atoms with Crippen LogP contribution in [0.5, 0.6) is 0 Å². The highest BCUT2D eigenvalue weighted by Gasteiger charge is 2.32. The summed E-state index contributed by atoms with van der Waals surface area (Å²) in [5.41, 5.74) is 5.50. The first-order chi connectivity index (χ1) is 14.9. The van der Waals surface area contributed by atoms with Crippen molar-refractivity contribution in [3.05, 3.63) is 42.3 Å². The minimum atomic E-state index is -1.55. The molecule has 3 rings (SSSR count). The van der Waals surface area contributed by atoms with Crippen molar-refractivity contribution in [2.75, 3.05) is 24.7 Å². The molecule has 1 saturated heterocycles. The minimum Gasteiger partial charge on any atom is -0.441 e. The van der Waals surface area contributed by atoms with Gasteiger partial charge in [0.2, 0.25) is 0 Å². The smallest absolute Gasteiger partial charge is 0.414 e. The van der Waals surface area contributed by atoms with Gasteiger partial charge in [0.25, 0.3) is 5.91 Å². The van der Waals surface area contributed by atoms with E-state index in [4.69, 9.17) is 20.1 Å². The monoisotopic (exact) mass is 433 g/mol. The molecule has 0 saturated carbocycles. The Hall–Kier alpha value is -3.61. The first-order valence-electron chi connectivity index (χ1n) is 9.14. The second-order valence-corrected chi connectivity index (χ2v) is 6.46. The quantitative estimate of drug-likeness (QED) is 0.218. The molecule has 5 N–H and O–H groups in total. The van der Waals surface area contributed by atoms with Crippen LogP contribution in [0.1, 0.15) is 0 Å². The maximum atomic E-state index is 14.6. The van der Waals surface area contributed by atoms with E-state index in [1.807, 2.05) is 0 Å². The van der Waals surface area contributed by atoms with E-state index in [0.717, 1.165) is 6.34 Å². The van der Waals surface area contributed by atoms with Crippen molar-refractivity contribution in [2.45, 2.75) is 12.2 Å². The predicted molar refractivity (Wildman–Crippen MR) is 107 cm³/mol. The lowest BCUT2D eigenvalue weighted by Gasteiger charge is -2.14. The second-order valence-electron chi connectivity index (χ2n) is 6.46. The molecule has 1 aromatic carbocycles. The Bertz CT molecular complexity index is 971. The van der Waals surface area contributed by atoms with Crippen molar-refractivity contribution in [1.29, 1.82) is 0 Å².